The van der Waals surface area contributed by atoms with E-state index in [0.29, 0.717) is 76.5 Å². The Hall–Kier alpha value is -10.1. The van der Waals surface area contributed by atoms with Crippen molar-refractivity contribution in [2.75, 3.05) is 66.1 Å². The molecule has 0 saturated carbocycles. The van der Waals surface area contributed by atoms with Crippen LogP contribution in [-0.4, -0.2) is 112 Å². The zero-order chi connectivity index (χ0) is 70.2. The second-order valence-electron chi connectivity index (χ2n) is 24.9. The molecule has 0 aromatic heterocycles. The van der Waals surface area contributed by atoms with Crippen LogP contribution in [0.1, 0.15) is 44.5 Å². The molecule has 4 heterocycles. The SMILES string of the molecule is C=CCc1cc(-c2ccc(O)c(CC=C)c2)ccc1O.C=CCc1cc(-c2ccc(OCC3CO3)c(CC=C)c2)ccc1OCC(O)COc1ccc(-c2ccc(OCC3CO3)c(CC=C)c2)cc1CC=C.C=CCc1cc(-c2ccc(OCC3CO3)c(CC=C)c2)ccc1OCC1CO1. The Bertz CT molecular complexity index is 3880. The second kappa shape index (κ2) is 36.6. The van der Waals surface area contributed by atoms with Crippen LogP contribution >= 0.6 is 0 Å². The Morgan fingerprint density at radius 1 is 0.290 bits per heavy atom. The van der Waals surface area contributed by atoms with E-state index in [1.807, 2.05) is 109 Å². The molecule has 100 heavy (non-hydrogen) atoms. The highest BCUT2D eigenvalue weighted by Crippen LogP contribution is 2.37. The third-order valence-corrected chi connectivity index (χ3v) is 16.9. The van der Waals surface area contributed by atoms with E-state index in [4.69, 9.17) is 47.4 Å². The molecule has 4 fully saturated rings. The molecule has 4 aliphatic heterocycles. The van der Waals surface area contributed by atoms with Crippen molar-refractivity contribution in [3.8, 4) is 90.5 Å². The van der Waals surface area contributed by atoms with Gasteiger partial charge in [0, 0.05) is 0 Å². The molecule has 4 unspecified atom stereocenters. The molecule has 0 radical (unpaired) electrons. The first kappa shape index (κ1) is 72.6. The third kappa shape index (κ3) is 21.4. The van der Waals surface area contributed by atoms with Crippen molar-refractivity contribution in [2.45, 2.75) is 81.9 Å². The maximum absolute atomic E-state index is 10.9. The van der Waals surface area contributed by atoms with Gasteiger partial charge in [0.25, 0.3) is 0 Å². The first-order valence-electron chi connectivity index (χ1n) is 34.1. The van der Waals surface area contributed by atoms with Crippen LogP contribution in [0.2, 0.25) is 0 Å². The Morgan fingerprint density at radius 2 is 0.470 bits per heavy atom. The van der Waals surface area contributed by atoms with Gasteiger partial charge in [0.15, 0.2) is 0 Å². The Labute approximate surface area is 589 Å². The Morgan fingerprint density at radius 3 is 0.670 bits per heavy atom. The Balaban J connectivity index is 0.000000186. The van der Waals surface area contributed by atoms with Gasteiger partial charge in [-0.2, -0.15) is 0 Å². The van der Waals surface area contributed by atoms with Gasteiger partial charge in [-0.25, -0.2) is 0 Å². The number of benzene rings is 8. The van der Waals surface area contributed by atoms with Gasteiger partial charge in [0.1, 0.15) is 116 Å². The average molecular weight is 1350 g/mol. The van der Waals surface area contributed by atoms with Crippen LogP contribution in [0.15, 0.2) is 247 Å². The second-order valence-corrected chi connectivity index (χ2v) is 24.9. The van der Waals surface area contributed by atoms with E-state index >= 15 is 0 Å². The van der Waals surface area contributed by atoms with Gasteiger partial charge in [0.05, 0.1) is 26.4 Å². The zero-order valence-electron chi connectivity index (χ0n) is 57.2. The van der Waals surface area contributed by atoms with Crippen molar-refractivity contribution < 1.29 is 62.7 Å². The van der Waals surface area contributed by atoms with E-state index in [0.717, 1.165) is 151 Å². The number of aliphatic hydroxyl groups excluding tert-OH is 1. The lowest BCUT2D eigenvalue weighted by Gasteiger charge is -2.18. The van der Waals surface area contributed by atoms with Gasteiger partial charge >= 0.3 is 0 Å². The number of hydrogen-bond acceptors (Lipinski definition) is 13. The predicted octanol–water partition coefficient (Wildman–Crippen LogP) is 16.9. The number of phenolic OH excluding ortho intramolecular Hbond substituents is 2. The van der Waals surface area contributed by atoms with E-state index in [9.17, 15) is 15.3 Å². The van der Waals surface area contributed by atoms with Crippen LogP contribution in [0.25, 0.3) is 44.5 Å². The fourth-order valence-corrected chi connectivity index (χ4v) is 11.3. The first-order chi connectivity index (χ1) is 48.9. The van der Waals surface area contributed by atoms with Crippen molar-refractivity contribution >= 4 is 0 Å². The van der Waals surface area contributed by atoms with Crippen molar-refractivity contribution in [2.24, 2.45) is 0 Å². The summed E-state index contributed by atoms with van der Waals surface area (Å²) in [5.41, 5.74) is 16.6. The molecule has 4 atom stereocenters. The molecule has 13 nitrogen and oxygen atoms in total. The average Bonchev–Trinajstić information content (AvgIpc) is 1.38. The Kier molecular flexibility index (Phi) is 26.6. The van der Waals surface area contributed by atoms with Crippen molar-refractivity contribution in [1.82, 2.24) is 0 Å². The van der Waals surface area contributed by atoms with Crippen molar-refractivity contribution in [3.05, 3.63) is 291 Å². The molecule has 518 valence electrons. The number of rotatable bonds is 38. The fraction of sp³-hybridized carbons (Fsp3) is 0.264. The molecule has 4 aliphatic rings. The van der Waals surface area contributed by atoms with Crippen LogP contribution in [0.4, 0.5) is 0 Å². The number of hydrogen-bond donors (Lipinski definition) is 3. The summed E-state index contributed by atoms with van der Waals surface area (Å²) in [4.78, 5) is 0. The van der Waals surface area contributed by atoms with E-state index in [1.165, 1.54) is 0 Å². The summed E-state index contributed by atoms with van der Waals surface area (Å²) in [7, 11) is 0. The largest absolute Gasteiger partial charge is 0.508 e. The lowest BCUT2D eigenvalue weighted by atomic mass is 9.98. The van der Waals surface area contributed by atoms with Gasteiger partial charge in [-0.05, 0) is 237 Å². The normalized spacial score (nSPS) is 16.1. The highest BCUT2D eigenvalue weighted by molar-refractivity contribution is 5.72. The summed E-state index contributed by atoms with van der Waals surface area (Å²) in [5.74, 6) is 5.44. The number of phenols is 2. The predicted molar refractivity (Wildman–Crippen MR) is 400 cm³/mol. The molecule has 8 aromatic rings. The van der Waals surface area contributed by atoms with Gasteiger partial charge < -0.3 is 62.7 Å². The minimum Gasteiger partial charge on any atom is -0.508 e. The van der Waals surface area contributed by atoms with Crippen LogP contribution in [-0.2, 0) is 70.3 Å². The lowest BCUT2D eigenvalue weighted by molar-refractivity contribution is 0.0621. The van der Waals surface area contributed by atoms with E-state index < -0.39 is 6.10 Å². The number of allylic oxidation sites excluding steroid dienone is 8. The van der Waals surface area contributed by atoms with Crippen molar-refractivity contribution in [1.29, 1.82) is 0 Å². The number of ether oxygens (including phenoxy) is 10. The number of aromatic hydroxyl groups is 2. The zero-order valence-corrected chi connectivity index (χ0v) is 57.2. The summed E-state index contributed by atoms with van der Waals surface area (Å²) >= 11 is 0. The van der Waals surface area contributed by atoms with Gasteiger partial charge in [-0.3, -0.25) is 0 Å². The van der Waals surface area contributed by atoms with Gasteiger partial charge in [0.2, 0.25) is 0 Å². The minimum atomic E-state index is -0.849. The van der Waals surface area contributed by atoms with Gasteiger partial charge in [-0.15, -0.1) is 52.6 Å². The number of epoxide rings is 4. The minimum absolute atomic E-state index is 0.0754. The quantitative estimate of drug-likeness (QED) is 0.0247. The summed E-state index contributed by atoms with van der Waals surface area (Å²) in [6, 6.07) is 48.3. The van der Waals surface area contributed by atoms with Crippen LogP contribution in [0.3, 0.4) is 0 Å². The molecule has 13 heteroatoms. The van der Waals surface area contributed by atoms with Crippen LogP contribution in [0, 0.1) is 0 Å². The molecular weight excluding hydrogens is 1250 g/mol. The third-order valence-electron chi connectivity index (χ3n) is 16.9. The highest BCUT2D eigenvalue weighted by Gasteiger charge is 2.27. The molecule has 0 spiro atoms. The maximum Gasteiger partial charge on any atom is 0.122 e. The number of aliphatic hydroxyl groups is 1. The molecule has 8 aromatic carbocycles. The standard InChI is InChI=1S/C45H48O7.C24H26O4.C18H18O2/c1-5-9-35-21-31(33-15-19-44(37(23-33)11-7-3)51-29-40-27-47-40)13-17-42(35)49-25-39(46)26-50-43-18-14-32(22-36(43)10-6-2)34-16-20-45(38(24-34)12-8-4)52-30-41-28-48-41;1-3-5-19-11-17(7-9-23(19)27-15-21-13-25-21)18-8-10-24(20(12-18)6-4-2)28-16-22-14-26-22;1-3-5-15-11-13(7-9-17(15)19)14-8-10-18(20)16(12-14)6-4-2/h5-8,13-24,39-41,46H,1-4,9-12,25-30H2;3-4,7-12,21-22H,1-2,5-6,13-16H2;3-4,7-12,19-20H,1-2,5-6H2. The molecular formula is C87H92O13. The molecule has 3 N–H and O–H groups in total. The van der Waals surface area contributed by atoms with Crippen LogP contribution in [0.5, 0.6) is 46.0 Å². The summed E-state index contributed by atoms with van der Waals surface area (Å²) < 4.78 is 57.2. The molecule has 0 amide bonds. The topological polar surface area (TPSA) is 166 Å². The molecule has 12 rings (SSSR count). The van der Waals surface area contributed by atoms with E-state index in [-0.39, 0.29) is 49.1 Å². The fourth-order valence-electron chi connectivity index (χ4n) is 11.3. The van der Waals surface area contributed by atoms with E-state index in [2.05, 4.69) is 113 Å². The summed E-state index contributed by atoms with van der Waals surface area (Å²) in [6.07, 6.45) is 20.2. The highest BCUT2D eigenvalue weighted by atomic mass is 16.6. The van der Waals surface area contributed by atoms with Gasteiger partial charge in [-0.1, -0.05) is 97.1 Å². The smallest absolute Gasteiger partial charge is 0.122 e. The monoisotopic (exact) mass is 1340 g/mol. The maximum atomic E-state index is 10.9. The van der Waals surface area contributed by atoms with Crippen molar-refractivity contribution in [3.63, 3.8) is 0 Å². The molecule has 0 bridgehead atoms. The summed E-state index contributed by atoms with van der Waals surface area (Å²) in [5, 5.41) is 30.5. The lowest BCUT2D eigenvalue weighted by Crippen LogP contribution is -2.25. The van der Waals surface area contributed by atoms with Crippen LogP contribution < -0.4 is 28.4 Å². The molecule has 0 aliphatic carbocycles. The molecule has 4 saturated heterocycles. The van der Waals surface area contributed by atoms with E-state index in [1.54, 1.807) is 24.3 Å². The summed E-state index contributed by atoms with van der Waals surface area (Å²) in [6.45, 7) is 36.4. The first-order valence-corrected chi connectivity index (χ1v) is 34.1.